The van der Waals surface area contributed by atoms with Gasteiger partial charge in [-0.15, -0.1) is 0 Å². The largest absolute Gasteiger partial charge is 0.455 e. The second-order valence-electron chi connectivity index (χ2n) is 5.87. The van der Waals surface area contributed by atoms with Crippen LogP contribution >= 0.6 is 11.8 Å². The minimum absolute atomic E-state index is 0.0675. The summed E-state index contributed by atoms with van der Waals surface area (Å²) in [6.07, 6.45) is 2.00. The summed E-state index contributed by atoms with van der Waals surface area (Å²) >= 11 is 1.67. The Kier molecular flexibility index (Phi) is 5.72. The number of carbonyl (C=O) groups is 1. The fraction of sp³-hybridized carbons (Fsp3) is 0.667. The zero-order chi connectivity index (χ0) is 15.4. The van der Waals surface area contributed by atoms with Crippen LogP contribution in [0.1, 0.15) is 16.3 Å². The van der Waals surface area contributed by atoms with Gasteiger partial charge in [-0.25, -0.2) is 0 Å². The number of aliphatic hydroxyl groups excluding tert-OH is 1. The molecule has 0 saturated carbocycles. The highest BCUT2D eigenvalue weighted by molar-refractivity contribution is 7.97. The summed E-state index contributed by atoms with van der Waals surface area (Å²) in [6.45, 7) is 2.29. The van der Waals surface area contributed by atoms with Crippen LogP contribution in [0.4, 0.5) is 0 Å². The monoisotopic (exact) mass is 312 g/mol. The highest BCUT2D eigenvalue weighted by Gasteiger charge is 2.36. The summed E-state index contributed by atoms with van der Waals surface area (Å²) in [5.74, 6) is 2.40. The first-order valence-electron chi connectivity index (χ1n) is 7.17. The lowest BCUT2D eigenvalue weighted by Crippen LogP contribution is -2.30. The molecule has 0 spiro atoms. The molecule has 118 valence electrons. The van der Waals surface area contributed by atoms with E-state index in [1.54, 1.807) is 22.7 Å². The van der Waals surface area contributed by atoms with Gasteiger partial charge in [0.05, 0.1) is 5.75 Å². The van der Waals surface area contributed by atoms with Gasteiger partial charge in [0.1, 0.15) is 5.76 Å². The molecule has 2 heterocycles. The molecule has 6 heteroatoms. The molecule has 21 heavy (non-hydrogen) atoms. The first-order chi connectivity index (χ1) is 10.0. The normalized spacial score (nSPS) is 22.2. The molecular formula is C15H24N2O3S. The summed E-state index contributed by atoms with van der Waals surface area (Å²) in [7, 11) is 4.03. The van der Waals surface area contributed by atoms with Gasteiger partial charge in [-0.2, -0.15) is 11.8 Å². The van der Waals surface area contributed by atoms with Gasteiger partial charge in [0, 0.05) is 32.2 Å². The zero-order valence-corrected chi connectivity index (χ0v) is 13.7. The maximum atomic E-state index is 12.5. The Hall–Kier alpha value is -0.980. The standard InChI is InChI=1S/C15H24N2O3S/c1-16(2)6-11-7-17(8-12(11)9-18)15(19)14-5-4-13(20-14)10-21-3/h4-5,11-12,18H,6-10H2,1-3H3/t11-,12-/m1/s1. The molecule has 1 amide bonds. The number of carbonyl (C=O) groups excluding carboxylic acids is 1. The van der Waals surface area contributed by atoms with Crippen molar-refractivity contribution in [2.45, 2.75) is 5.75 Å². The third kappa shape index (κ3) is 4.02. The van der Waals surface area contributed by atoms with Crippen molar-refractivity contribution in [1.82, 2.24) is 9.80 Å². The van der Waals surface area contributed by atoms with E-state index in [2.05, 4.69) is 4.90 Å². The molecule has 1 saturated heterocycles. The van der Waals surface area contributed by atoms with Crippen molar-refractivity contribution < 1.29 is 14.3 Å². The number of rotatable bonds is 6. The Morgan fingerprint density at radius 3 is 2.76 bits per heavy atom. The first kappa shape index (κ1) is 16.4. The van der Waals surface area contributed by atoms with Crippen LogP contribution in [0.2, 0.25) is 0 Å². The second-order valence-corrected chi connectivity index (χ2v) is 6.74. The predicted molar refractivity (Wildman–Crippen MR) is 84.5 cm³/mol. The number of nitrogens with zero attached hydrogens (tertiary/aromatic N) is 2. The van der Waals surface area contributed by atoms with Crippen LogP contribution < -0.4 is 0 Å². The molecule has 2 atom stereocenters. The van der Waals surface area contributed by atoms with Crippen LogP contribution in [0.3, 0.4) is 0 Å². The minimum Gasteiger partial charge on any atom is -0.455 e. The summed E-state index contributed by atoms with van der Waals surface area (Å²) in [5, 5.41) is 9.51. The number of hydrogen-bond donors (Lipinski definition) is 1. The third-order valence-corrected chi connectivity index (χ3v) is 4.43. The molecule has 5 nitrogen and oxygen atoms in total. The molecule has 1 N–H and O–H groups in total. The van der Waals surface area contributed by atoms with Crippen LogP contribution in [0.5, 0.6) is 0 Å². The molecule has 1 aromatic rings. The Labute approximate surface area is 130 Å². The Morgan fingerprint density at radius 2 is 2.14 bits per heavy atom. The van der Waals surface area contributed by atoms with Gasteiger partial charge in [-0.05, 0) is 38.4 Å². The van der Waals surface area contributed by atoms with Crippen LogP contribution in [-0.4, -0.2) is 67.4 Å². The molecule has 2 rings (SSSR count). The maximum Gasteiger partial charge on any atom is 0.289 e. The second kappa shape index (κ2) is 7.33. The van der Waals surface area contributed by atoms with E-state index < -0.39 is 0 Å². The van der Waals surface area contributed by atoms with Gasteiger partial charge in [-0.1, -0.05) is 0 Å². The van der Waals surface area contributed by atoms with Gasteiger partial charge < -0.3 is 19.3 Å². The minimum atomic E-state index is -0.0675. The van der Waals surface area contributed by atoms with Crippen LogP contribution in [0.25, 0.3) is 0 Å². The van der Waals surface area contributed by atoms with E-state index >= 15 is 0 Å². The van der Waals surface area contributed by atoms with Crippen molar-refractivity contribution >= 4 is 17.7 Å². The summed E-state index contributed by atoms with van der Waals surface area (Å²) in [6, 6.07) is 3.61. The molecule has 1 aromatic heterocycles. The van der Waals surface area contributed by atoms with Crippen molar-refractivity contribution in [3.8, 4) is 0 Å². The van der Waals surface area contributed by atoms with E-state index in [0.29, 0.717) is 24.8 Å². The van der Waals surface area contributed by atoms with Crippen LogP contribution in [-0.2, 0) is 5.75 Å². The Morgan fingerprint density at radius 1 is 1.43 bits per heavy atom. The highest BCUT2D eigenvalue weighted by atomic mass is 32.2. The number of aliphatic hydroxyl groups is 1. The van der Waals surface area contributed by atoms with Gasteiger partial charge in [0.15, 0.2) is 5.76 Å². The summed E-state index contributed by atoms with van der Waals surface area (Å²) in [5.41, 5.74) is 0. The average Bonchev–Trinajstić information content (AvgIpc) is 3.04. The molecule has 1 aliphatic heterocycles. The number of amides is 1. The molecule has 0 unspecified atom stereocenters. The van der Waals surface area contributed by atoms with Crippen LogP contribution in [0.15, 0.2) is 16.5 Å². The van der Waals surface area contributed by atoms with Crippen molar-refractivity contribution in [3.63, 3.8) is 0 Å². The topological polar surface area (TPSA) is 56.9 Å². The molecule has 1 aliphatic rings. The molecule has 0 bridgehead atoms. The molecular weight excluding hydrogens is 288 g/mol. The van der Waals surface area contributed by atoms with Crippen molar-refractivity contribution in [1.29, 1.82) is 0 Å². The van der Waals surface area contributed by atoms with E-state index in [0.717, 1.165) is 18.1 Å². The first-order valence-corrected chi connectivity index (χ1v) is 8.57. The predicted octanol–water partition coefficient (Wildman–Crippen LogP) is 1.38. The number of likely N-dealkylation sites (tertiary alicyclic amines) is 1. The van der Waals surface area contributed by atoms with Gasteiger partial charge in [0.25, 0.3) is 5.91 Å². The smallest absolute Gasteiger partial charge is 0.289 e. The number of hydrogen-bond acceptors (Lipinski definition) is 5. The van der Waals surface area contributed by atoms with E-state index in [1.807, 2.05) is 26.4 Å². The number of furan rings is 1. The quantitative estimate of drug-likeness (QED) is 0.860. The Bertz CT molecular complexity index is 475. The van der Waals surface area contributed by atoms with Crippen molar-refractivity contribution in [2.24, 2.45) is 11.8 Å². The number of thioether (sulfide) groups is 1. The highest BCUT2D eigenvalue weighted by Crippen LogP contribution is 2.26. The summed E-state index contributed by atoms with van der Waals surface area (Å²) in [4.78, 5) is 16.4. The average molecular weight is 312 g/mol. The lowest BCUT2D eigenvalue weighted by Gasteiger charge is -2.20. The molecule has 1 fully saturated rings. The molecule has 0 aliphatic carbocycles. The van der Waals surface area contributed by atoms with Gasteiger partial charge in [-0.3, -0.25) is 4.79 Å². The summed E-state index contributed by atoms with van der Waals surface area (Å²) < 4.78 is 5.60. The van der Waals surface area contributed by atoms with Crippen LogP contribution in [0, 0.1) is 11.8 Å². The van der Waals surface area contributed by atoms with Gasteiger partial charge >= 0.3 is 0 Å². The Balaban J connectivity index is 2.02. The van der Waals surface area contributed by atoms with Crippen molar-refractivity contribution in [2.75, 3.05) is 46.6 Å². The fourth-order valence-corrected chi connectivity index (χ4v) is 3.30. The SMILES string of the molecule is CSCc1ccc(C(=O)N2C[C@@H](CN(C)C)[C@@H](CO)C2)o1. The van der Waals surface area contributed by atoms with E-state index in [1.165, 1.54) is 0 Å². The van der Waals surface area contributed by atoms with Gasteiger partial charge in [0.2, 0.25) is 0 Å². The lowest BCUT2D eigenvalue weighted by molar-refractivity contribution is 0.0746. The van der Waals surface area contributed by atoms with E-state index in [-0.39, 0.29) is 18.4 Å². The molecule has 0 radical (unpaired) electrons. The third-order valence-electron chi connectivity index (χ3n) is 3.86. The fourth-order valence-electron chi connectivity index (χ4n) is 2.86. The molecule has 0 aromatic carbocycles. The lowest BCUT2D eigenvalue weighted by atomic mass is 9.97. The van der Waals surface area contributed by atoms with Crippen molar-refractivity contribution in [3.05, 3.63) is 23.7 Å². The van der Waals surface area contributed by atoms with E-state index in [4.69, 9.17) is 4.42 Å². The van der Waals surface area contributed by atoms with E-state index in [9.17, 15) is 9.90 Å². The zero-order valence-electron chi connectivity index (χ0n) is 12.9. The maximum absolute atomic E-state index is 12.5.